The van der Waals surface area contributed by atoms with Crippen molar-refractivity contribution in [1.82, 2.24) is 0 Å². The Morgan fingerprint density at radius 1 is 0.788 bits per heavy atom. The molecule has 0 N–H and O–H groups in total. The molecule has 1 atom stereocenters. The first-order chi connectivity index (χ1) is 16.1. The number of ether oxygens (including phenoxy) is 1. The van der Waals surface area contributed by atoms with Crippen LogP contribution in [-0.2, 0) is 4.74 Å². The number of esters is 1. The molecule has 1 heterocycles. The summed E-state index contributed by atoms with van der Waals surface area (Å²) in [5, 5.41) is 8.64. The average Bonchev–Trinajstić information content (AvgIpc) is 3.24. The maximum Gasteiger partial charge on any atom is 0.338 e. The zero-order chi connectivity index (χ0) is 23.8. The van der Waals surface area contributed by atoms with Gasteiger partial charge in [0.05, 0.1) is 23.4 Å². The number of nitrogens with zero attached hydrogens (tertiary/aromatic N) is 2. The smallest absolute Gasteiger partial charge is 0.338 e. The maximum absolute atomic E-state index is 12.3. The zero-order valence-electron chi connectivity index (χ0n) is 21.4. The fourth-order valence-corrected chi connectivity index (χ4v) is 4.16. The third-order valence-electron chi connectivity index (χ3n) is 6.70. The molecule has 4 heteroatoms. The van der Waals surface area contributed by atoms with Crippen molar-refractivity contribution in [3.05, 3.63) is 41.5 Å². The van der Waals surface area contributed by atoms with E-state index in [0.29, 0.717) is 12.2 Å². The van der Waals surface area contributed by atoms with Gasteiger partial charge in [-0.3, -0.25) is 0 Å². The topological polar surface area (TPSA) is 51.0 Å². The van der Waals surface area contributed by atoms with Gasteiger partial charge in [0.1, 0.15) is 0 Å². The Bertz CT molecular complexity index is 738. The molecule has 1 aromatic rings. The standard InChI is InChI=1S/C29H46N2O2/c1-4-6-7-8-9-10-11-12-13-14-15-16-17-18-23-33-28(32)26-21-19-25(20-22-26)27-24-29(3,5-2)31-30-27/h19-22,24H,4-18,23H2,1-3H3. The molecule has 0 saturated heterocycles. The van der Waals surface area contributed by atoms with Gasteiger partial charge in [0.2, 0.25) is 0 Å². The number of carbonyl (C=O) groups excluding carboxylic acids is 1. The van der Waals surface area contributed by atoms with Crippen LogP contribution in [0.2, 0.25) is 0 Å². The van der Waals surface area contributed by atoms with E-state index in [1.165, 1.54) is 77.0 Å². The Balaban J connectivity index is 1.47. The van der Waals surface area contributed by atoms with Crippen LogP contribution in [0.15, 0.2) is 40.6 Å². The van der Waals surface area contributed by atoms with Crippen LogP contribution in [0.4, 0.5) is 0 Å². The number of rotatable bonds is 18. The number of carbonyl (C=O) groups is 1. The van der Waals surface area contributed by atoms with E-state index < -0.39 is 0 Å². The highest BCUT2D eigenvalue weighted by Crippen LogP contribution is 2.32. The zero-order valence-corrected chi connectivity index (χ0v) is 21.4. The quantitative estimate of drug-likeness (QED) is 0.164. The number of benzene rings is 1. The van der Waals surface area contributed by atoms with Crippen LogP contribution in [-0.4, -0.2) is 18.1 Å². The molecule has 0 fully saturated rings. The Morgan fingerprint density at radius 2 is 1.30 bits per heavy atom. The lowest BCUT2D eigenvalue weighted by atomic mass is 9.98. The number of unbranched alkanes of at least 4 members (excludes halogenated alkanes) is 13. The van der Waals surface area contributed by atoms with Gasteiger partial charge >= 0.3 is 5.97 Å². The Kier molecular flexibility index (Phi) is 13.1. The average molecular weight is 455 g/mol. The molecule has 0 bridgehead atoms. The maximum atomic E-state index is 12.3. The highest BCUT2D eigenvalue weighted by Gasteiger charge is 2.24. The molecule has 0 radical (unpaired) electrons. The van der Waals surface area contributed by atoms with Crippen molar-refractivity contribution in [3.63, 3.8) is 0 Å². The van der Waals surface area contributed by atoms with Gasteiger partial charge in [-0.25, -0.2) is 4.79 Å². The highest BCUT2D eigenvalue weighted by atomic mass is 16.5. The van der Waals surface area contributed by atoms with E-state index in [9.17, 15) is 4.79 Å². The SMILES string of the molecule is CCCCCCCCCCCCCCCCOC(=O)c1ccc(C2=CC(C)(CC)N=N2)cc1. The van der Waals surface area contributed by atoms with Crippen molar-refractivity contribution in [1.29, 1.82) is 0 Å². The summed E-state index contributed by atoms with van der Waals surface area (Å²) in [6, 6.07) is 7.49. The van der Waals surface area contributed by atoms with Gasteiger partial charge in [-0.2, -0.15) is 10.2 Å². The number of azo groups is 1. The molecule has 1 unspecified atom stereocenters. The van der Waals surface area contributed by atoms with E-state index in [4.69, 9.17) is 4.74 Å². The van der Waals surface area contributed by atoms with Gasteiger partial charge < -0.3 is 4.74 Å². The molecule has 0 saturated carbocycles. The van der Waals surface area contributed by atoms with Gasteiger partial charge in [-0.05, 0) is 38.0 Å². The largest absolute Gasteiger partial charge is 0.462 e. The molecule has 1 aliphatic rings. The lowest BCUT2D eigenvalue weighted by molar-refractivity contribution is 0.0497. The van der Waals surface area contributed by atoms with Crippen molar-refractivity contribution in [3.8, 4) is 0 Å². The second-order valence-electron chi connectivity index (χ2n) is 9.75. The molecule has 184 valence electrons. The van der Waals surface area contributed by atoms with E-state index >= 15 is 0 Å². The number of hydrogen-bond donors (Lipinski definition) is 0. The van der Waals surface area contributed by atoms with E-state index in [-0.39, 0.29) is 11.5 Å². The Hall–Kier alpha value is -1.97. The molecule has 0 aliphatic carbocycles. The first kappa shape index (κ1) is 27.3. The molecular weight excluding hydrogens is 408 g/mol. The summed E-state index contributed by atoms with van der Waals surface area (Å²) >= 11 is 0. The van der Waals surface area contributed by atoms with E-state index in [2.05, 4.69) is 37.1 Å². The minimum atomic E-state index is -0.239. The molecule has 4 nitrogen and oxygen atoms in total. The van der Waals surface area contributed by atoms with Crippen LogP contribution >= 0.6 is 0 Å². The summed E-state index contributed by atoms with van der Waals surface area (Å²) in [6.45, 7) is 6.96. The summed E-state index contributed by atoms with van der Waals surface area (Å²) in [5.41, 5.74) is 2.25. The van der Waals surface area contributed by atoms with Crippen molar-refractivity contribution < 1.29 is 9.53 Å². The Labute approximate surface area is 202 Å². The van der Waals surface area contributed by atoms with Crippen LogP contribution in [0.5, 0.6) is 0 Å². The summed E-state index contributed by atoms with van der Waals surface area (Å²) in [4.78, 5) is 12.3. The molecular formula is C29H46N2O2. The van der Waals surface area contributed by atoms with Gasteiger partial charge in [-0.15, -0.1) is 0 Å². The number of hydrogen-bond acceptors (Lipinski definition) is 4. The van der Waals surface area contributed by atoms with Crippen LogP contribution in [0, 0.1) is 0 Å². The molecule has 0 aromatic heterocycles. The lowest BCUT2D eigenvalue weighted by Crippen LogP contribution is -2.13. The fourth-order valence-electron chi connectivity index (χ4n) is 4.16. The van der Waals surface area contributed by atoms with E-state index in [0.717, 1.165) is 30.5 Å². The lowest BCUT2D eigenvalue weighted by Gasteiger charge is -2.11. The van der Waals surface area contributed by atoms with Gasteiger partial charge in [-0.1, -0.05) is 109 Å². The van der Waals surface area contributed by atoms with Crippen molar-refractivity contribution in [2.24, 2.45) is 10.2 Å². The predicted octanol–water partition coefficient (Wildman–Crippen LogP) is 9.30. The van der Waals surface area contributed by atoms with Crippen LogP contribution in [0.25, 0.3) is 5.70 Å². The van der Waals surface area contributed by atoms with Crippen LogP contribution < -0.4 is 0 Å². The normalized spacial score (nSPS) is 17.4. The minimum absolute atomic E-state index is 0.208. The van der Waals surface area contributed by atoms with Crippen LogP contribution in [0.1, 0.15) is 133 Å². The molecule has 0 spiro atoms. The molecule has 1 aliphatic heterocycles. The van der Waals surface area contributed by atoms with Gasteiger partial charge in [0, 0.05) is 5.56 Å². The third kappa shape index (κ3) is 10.7. The molecule has 1 aromatic carbocycles. The molecule has 33 heavy (non-hydrogen) atoms. The summed E-state index contributed by atoms with van der Waals surface area (Å²) in [5.74, 6) is -0.239. The monoisotopic (exact) mass is 454 g/mol. The summed E-state index contributed by atoms with van der Waals surface area (Å²) < 4.78 is 5.46. The second-order valence-corrected chi connectivity index (χ2v) is 9.75. The molecule has 0 amide bonds. The van der Waals surface area contributed by atoms with Crippen molar-refractivity contribution in [2.75, 3.05) is 6.61 Å². The van der Waals surface area contributed by atoms with Gasteiger partial charge in [0.15, 0.2) is 0 Å². The van der Waals surface area contributed by atoms with E-state index in [1.807, 2.05) is 24.3 Å². The molecule has 2 rings (SSSR count). The van der Waals surface area contributed by atoms with Crippen molar-refractivity contribution >= 4 is 11.7 Å². The fraction of sp³-hybridized carbons (Fsp3) is 0.690. The summed E-state index contributed by atoms with van der Waals surface area (Å²) in [7, 11) is 0. The Morgan fingerprint density at radius 3 is 1.79 bits per heavy atom. The second kappa shape index (κ2) is 15.8. The van der Waals surface area contributed by atoms with Crippen LogP contribution in [0.3, 0.4) is 0 Å². The first-order valence-electron chi connectivity index (χ1n) is 13.5. The summed E-state index contributed by atoms with van der Waals surface area (Å²) in [6.07, 6.45) is 21.6. The highest BCUT2D eigenvalue weighted by molar-refractivity contribution is 5.89. The van der Waals surface area contributed by atoms with E-state index in [1.54, 1.807) is 0 Å². The first-order valence-corrected chi connectivity index (χ1v) is 13.5. The third-order valence-corrected chi connectivity index (χ3v) is 6.70. The minimum Gasteiger partial charge on any atom is -0.462 e. The van der Waals surface area contributed by atoms with Gasteiger partial charge in [0.25, 0.3) is 0 Å². The van der Waals surface area contributed by atoms with Crippen molar-refractivity contribution in [2.45, 2.75) is 123 Å². The predicted molar refractivity (Wildman–Crippen MR) is 139 cm³/mol.